The average Bonchev–Trinajstić information content (AvgIpc) is 2.67. The number of aryl methyl sites for hydroxylation is 2. The molecule has 6 nitrogen and oxygen atoms in total. The molecule has 0 spiro atoms. The SMILES string of the molecule is CN=C(NCCCOC)NCCc1c(C)nn(C)c1C.I. The minimum atomic E-state index is 0. The molecule has 1 heterocycles. The summed E-state index contributed by atoms with van der Waals surface area (Å²) >= 11 is 0. The Labute approximate surface area is 144 Å². The minimum Gasteiger partial charge on any atom is -0.385 e. The number of rotatable bonds is 7. The molecule has 0 saturated carbocycles. The Kier molecular flexibility index (Phi) is 10.4. The summed E-state index contributed by atoms with van der Waals surface area (Å²) in [5.74, 6) is 0.834. The lowest BCUT2D eigenvalue weighted by Crippen LogP contribution is -2.39. The molecule has 1 aromatic heterocycles. The van der Waals surface area contributed by atoms with Gasteiger partial charge in [0.2, 0.25) is 0 Å². The molecule has 0 atom stereocenters. The average molecular weight is 409 g/mol. The second kappa shape index (κ2) is 10.8. The van der Waals surface area contributed by atoms with Crippen LogP contribution in [0.1, 0.15) is 23.4 Å². The van der Waals surface area contributed by atoms with Gasteiger partial charge in [-0.3, -0.25) is 9.67 Å². The summed E-state index contributed by atoms with van der Waals surface area (Å²) in [6, 6.07) is 0. The van der Waals surface area contributed by atoms with Crippen LogP contribution in [0.2, 0.25) is 0 Å². The molecular formula is C14H28IN5O. The molecule has 0 aliphatic carbocycles. The number of nitrogens with zero attached hydrogens (tertiary/aromatic N) is 3. The number of hydrogen-bond donors (Lipinski definition) is 2. The second-order valence-corrected chi connectivity index (χ2v) is 4.80. The molecule has 7 heteroatoms. The molecule has 21 heavy (non-hydrogen) atoms. The molecule has 1 aromatic rings. The van der Waals surface area contributed by atoms with E-state index in [0.717, 1.165) is 44.2 Å². The van der Waals surface area contributed by atoms with Crippen molar-refractivity contribution in [2.75, 3.05) is 33.9 Å². The van der Waals surface area contributed by atoms with E-state index in [1.165, 1.54) is 11.3 Å². The van der Waals surface area contributed by atoms with Crippen LogP contribution >= 0.6 is 24.0 Å². The van der Waals surface area contributed by atoms with Gasteiger partial charge in [-0.05, 0) is 32.3 Å². The lowest BCUT2D eigenvalue weighted by atomic mass is 10.1. The Balaban J connectivity index is 0.00000400. The fourth-order valence-electron chi connectivity index (χ4n) is 2.13. The lowest BCUT2D eigenvalue weighted by molar-refractivity contribution is 0.195. The standard InChI is InChI=1S/C14H27N5O.HI/c1-11-13(12(2)19(4)18-11)7-9-17-14(15-3)16-8-6-10-20-5;/h6-10H2,1-5H3,(H2,15,16,17);1H. The van der Waals surface area contributed by atoms with Crippen molar-refractivity contribution in [2.45, 2.75) is 26.7 Å². The maximum Gasteiger partial charge on any atom is 0.190 e. The fraction of sp³-hybridized carbons (Fsp3) is 0.714. The number of halogens is 1. The molecule has 0 aromatic carbocycles. The number of ether oxygens (including phenoxy) is 1. The quantitative estimate of drug-likeness (QED) is 0.309. The van der Waals surface area contributed by atoms with Crippen LogP contribution in [0, 0.1) is 13.8 Å². The summed E-state index contributed by atoms with van der Waals surface area (Å²) in [6.45, 7) is 6.63. The third-order valence-electron chi connectivity index (χ3n) is 3.37. The van der Waals surface area contributed by atoms with Gasteiger partial charge in [0.05, 0.1) is 5.69 Å². The van der Waals surface area contributed by atoms with E-state index in [4.69, 9.17) is 4.74 Å². The summed E-state index contributed by atoms with van der Waals surface area (Å²) in [5, 5.41) is 11.0. The Morgan fingerprint density at radius 1 is 1.29 bits per heavy atom. The smallest absolute Gasteiger partial charge is 0.190 e. The maximum absolute atomic E-state index is 5.02. The van der Waals surface area contributed by atoms with Crippen LogP contribution in [0.5, 0.6) is 0 Å². The number of guanidine groups is 1. The van der Waals surface area contributed by atoms with E-state index in [1.54, 1.807) is 14.2 Å². The third kappa shape index (κ3) is 6.64. The zero-order chi connectivity index (χ0) is 15.0. The first-order chi connectivity index (χ1) is 9.60. The van der Waals surface area contributed by atoms with Gasteiger partial charge in [-0.2, -0.15) is 5.10 Å². The van der Waals surface area contributed by atoms with Crippen molar-refractivity contribution in [2.24, 2.45) is 12.0 Å². The Hall–Kier alpha value is -0.830. The van der Waals surface area contributed by atoms with E-state index in [9.17, 15) is 0 Å². The second-order valence-electron chi connectivity index (χ2n) is 4.80. The Morgan fingerprint density at radius 2 is 1.95 bits per heavy atom. The number of nitrogens with one attached hydrogen (secondary N) is 2. The monoisotopic (exact) mass is 409 g/mol. The number of hydrogen-bond acceptors (Lipinski definition) is 3. The molecule has 0 unspecified atom stereocenters. The third-order valence-corrected chi connectivity index (χ3v) is 3.37. The molecule has 0 radical (unpaired) electrons. The van der Waals surface area contributed by atoms with Gasteiger partial charge in [0.15, 0.2) is 5.96 Å². The van der Waals surface area contributed by atoms with Crippen LogP contribution in [-0.4, -0.2) is 49.6 Å². The van der Waals surface area contributed by atoms with Gasteiger partial charge in [0, 0.05) is 46.6 Å². The van der Waals surface area contributed by atoms with Gasteiger partial charge >= 0.3 is 0 Å². The van der Waals surface area contributed by atoms with Crippen molar-refractivity contribution in [1.29, 1.82) is 0 Å². The fourth-order valence-corrected chi connectivity index (χ4v) is 2.13. The zero-order valence-corrected chi connectivity index (χ0v) is 16.0. The van der Waals surface area contributed by atoms with Gasteiger partial charge in [0.25, 0.3) is 0 Å². The molecule has 2 N–H and O–H groups in total. The summed E-state index contributed by atoms with van der Waals surface area (Å²) < 4.78 is 6.95. The summed E-state index contributed by atoms with van der Waals surface area (Å²) in [4.78, 5) is 4.20. The lowest BCUT2D eigenvalue weighted by Gasteiger charge is -2.11. The van der Waals surface area contributed by atoms with Gasteiger partial charge in [0.1, 0.15) is 0 Å². The van der Waals surface area contributed by atoms with E-state index in [-0.39, 0.29) is 24.0 Å². The molecule has 1 rings (SSSR count). The topological polar surface area (TPSA) is 63.5 Å². The summed E-state index contributed by atoms with van der Waals surface area (Å²) in [6.07, 6.45) is 1.92. The van der Waals surface area contributed by atoms with Gasteiger partial charge in [-0.1, -0.05) is 0 Å². The first kappa shape index (κ1) is 20.2. The predicted octanol–water partition coefficient (Wildman–Crippen LogP) is 1.40. The largest absolute Gasteiger partial charge is 0.385 e. The van der Waals surface area contributed by atoms with Crippen LogP contribution in [0.25, 0.3) is 0 Å². The van der Waals surface area contributed by atoms with E-state index >= 15 is 0 Å². The van der Waals surface area contributed by atoms with Crippen molar-refractivity contribution >= 4 is 29.9 Å². The highest BCUT2D eigenvalue weighted by molar-refractivity contribution is 14.0. The van der Waals surface area contributed by atoms with Gasteiger partial charge < -0.3 is 15.4 Å². The van der Waals surface area contributed by atoms with Gasteiger partial charge in [-0.25, -0.2) is 0 Å². The number of aliphatic imine (C=N–C) groups is 1. The minimum absolute atomic E-state index is 0. The van der Waals surface area contributed by atoms with Gasteiger partial charge in [-0.15, -0.1) is 24.0 Å². The molecule has 0 aliphatic rings. The first-order valence-corrected chi connectivity index (χ1v) is 7.02. The molecule has 122 valence electrons. The first-order valence-electron chi connectivity index (χ1n) is 7.02. The predicted molar refractivity (Wildman–Crippen MR) is 97.7 cm³/mol. The van der Waals surface area contributed by atoms with Crippen LogP contribution in [0.15, 0.2) is 4.99 Å². The van der Waals surface area contributed by atoms with Crippen LogP contribution < -0.4 is 10.6 Å². The molecule has 0 aliphatic heterocycles. The zero-order valence-electron chi connectivity index (χ0n) is 13.7. The van der Waals surface area contributed by atoms with Crippen molar-refractivity contribution in [3.8, 4) is 0 Å². The van der Waals surface area contributed by atoms with Crippen molar-refractivity contribution in [3.05, 3.63) is 17.0 Å². The Bertz CT molecular complexity index is 445. The van der Waals surface area contributed by atoms with E-state index in [1.807, 2.05) is 11.7 Å². The summed E-state index contributed by atoms with van der Waals surface area (Å²) in [7, 11) is 5.48. The highest BCUT2D eigenvalue weighted by Gasteiger charge is 2.08. The highest BCUT2D eigenvalue weighted by Crippen LogP contribution is 2.11. The van der Waals surface area contributed by atoms with Crippen LogP contribution in [-0.2, 0) is 18.2 Å². The molecule has 0 amide bonds. The maximum atomic E-state index is 5.02. The van der Waals surface area contributed by atoms with E-state index < -0.39 is 0 Å². The molecular weight excluding hydrogens is 381 g/mol. The number of methoxy groups -OCH3 is 1. The summed E-state index contributed by atoms with van der Waals surface area (Å²) in [5.41, 5.74) is 3.65. The van der Waals surface area contributed by atoms with Crippen LogP contribution in [0.3, 0.4) is 0 Å². The van der Waals surface area contributed by atoms with E-state index in [2.05, 4.69) is 34.6 Å². The molecule has 0 saturated heterocycles. The molecule has 0 bridgehead atoms. The normalized spacial score (nSPS) is 11.2. The Morgan fingerprint density at radius 3 is 2.48 bits per heavy atom. The van der Waals surface area contributed by atoms with Crippen molar-refractivity contribution in [3.63, 3.8) is 0 Å². The van der Waals surface area contributed by atoms with Crippen molar-refractivity contribution in [1.82, 2.24) is 20.4 Å². The molecule has 0 fully saturated rings. The van der Waals surface area contributed by atoms with Crippen molar-refractivity contribution < 1.29 is 4.74 Å². The number of aromatic nitrogens is 2. The van der Waals surface area contributed by atoms with E-state index in [0.29, 0.717) is 0 Å². The van der Waals surface area contributed by atoms with Crippen LogP contribution in [0.4, 0.5) is 0 Å². The highest BCUT2D eigenvalue weighted by atomic mass is 127.